The van der Waals surface area contributed by atoms with Gasteiger partial charge in [-0.2, -0.15) is 0 Å². The number of ether oxygens (including phenoxy) is 1. The topological polar surface area (TPSA) is 70.6 Å². The van der Waals surface area contributed by atoms with E-state index in [1.807, 2.05) is 31.2 Å². The van der Waals surface area contributed by atoms with Gasteiger partial charge in [0.15, 0.2) is 0 Å². The molecule has 1 unspecified atom stereocenters. The van der Waals surface area contributed by atoms with E-state index in [0.29, 0.717) is 18.1 Å². The minimum absolute atomic E-state index is 0.00270. The lowest BCUT2D eigenvalue weighted by atomic mass is 9.99. The molecule has 0 heterocycles. The molecule has 1 amide bonds. The van der Waals surface area contributed by atoms with Gasteiger partial charge in [0.05, 0.1) is 25.2 Å². The van der Waals surface area contributed by atoms with Crippen LogP contribution in [-0.4, -0.2) is 49.5 Å². The summed E-state index contributed by atoms with van der Waals surface area (Å²) in [5.41, 5.74) is 2.40. The van der Waals surface area contributed by atoms with Gasteiger partial charge in [-0.1, -0.05) is 38.1 Å². The number of halogens is 2. The summed E-state index contributed by atoms with van der Waals surface area (Å²) in [5.74, 6) is -1.27. The van der Waals surface area contributed by atoms with Crippen LogP contribution in [0.5, 0.6) is 0 Å². The molecule has 3 N–H and O–H groups in total. The van der Waals surface area contributed by atoms with E-state index in [0.717, 1.165) is 11.6 Å². The maximum Gasteiger partial charge on any atom is 0.224 e. The molecule has 0 saturated heterocycles. The summed E-state index contributed by atoms with van der Waals surface area (Å²) >= 11 is 0. The lowest BCUT2D eigenvalue weighted by Crippen LogP contribution is -2.50. The normalized spacial score (nSPS) is 14.2. The monoisotopic (exact) mass is 448 g/mol. The van der Waals surface area contributed by atoms with E-state index in [4.69, 9.17) is 4.74 Å². The van der Waals surface area contributed by atoms with Gasteiger partial charge in [0.25, 0.3) is 0 Å². The van der Waals surface area contributed by atoms with Crippen LogP contribution in [0.15, 0.2) is 42.5 Å². The SMILES string of the molecule is COCC(C)NC[C@H](O)[C@H](Cc1cc(F)cc(F)c1)NC(=O)Cc1ccc(C(C)C)cc1. The summed E-state index contributed by atoms with van der Waals surface area (Å²) in [7, 11) is 1.59. The fourth-order valence-corrected chi connectivity index (χ4v) is 3.50. The molecular formula is C25H34F2N2O3. The van der Waals surface area contributed by atoms with Crippen LogP contribution in [-0.2, 0) is 22.4 Å². The predicted octanol–water partition coefficient (Wildman–Crippen LogP) is 3.34. The molecule has 2 aromatic carbocycles. The zero-order chi connectivity index (χ0) is 23.7. The molecule has 7 heteroatoms. The third kappa shape index (κ3) is 8.65. The first-order valence-corrected chi connectivity index (χ1v) is 10.9. The van der Waals surface area contributed by atoms with E-state index in [2.05, 4.69) is 24.5 Å². The van der Waals surface area contributed by atoms with E-state index in [-0.39, 0.29) is 31.3 Å². The number of hydrogen-bond acceptors (Lipinski definition) is 4. The highest BCUT2D eigenvalue weighted by Gasteiger charge is 2.23. The van der Waals surface area contributed by atoms with Gasteiger partial charge < -0.3 is 20.5 Å². The number of nitrogens with one attached hydrogen (secondary N) is 2. The molecule has 0 aromatic heterocycles. The average molecular weight is 449 g/mol. The van der Waals surface area contributed by atoms with Gasteiger partial charge in [0, 0.05) is 25.8 Å². The Hall–Kier alpha value is -2.35. The lowest BCUT2D eigenvalue weighted by Gasteiger charge is -2.26. The highest BCUT2D eigenvalue weighted by Crippen LogP contribution is 2.16. The van der Waals surface area contributed by atoms with Gasteiger partial charge in [-0.3, -0.25) is 4.79 Å². The Morgan fingerprint density at radius 1 is 1.03 bits per heavy atom. The highest BCUT2D eigenvalue weighted by molar-refractivity contribution is 5.79. The first-order chi connectivity index (χ1) is 15.2. The van der Waals surface area contributed by atoms with Crippen LogP contribution in [0.2, 0.25) is 0 Å². The molecule has 2 aromatic rings. The number of benzene rings is 2. The molecule has 3 atom stereocenters. The smallest absolute Gasteiger partial charge is 0.224 e. The van der Waals surface area contributed by atoms with Gasteiger partial charge in [-0.15, -0.1) is 0 Å². The number of rotatable bonds is 12. The van der Waals surface area contributed by atoms with Crippen molar-refractivity contribution in [2.45, 2.75) is 57.7 Å². The zero-order valence-electron chi connectivity index (χ0n) is 19.2. The molecule has 5 nitrogen and oxygen atoms in total. The van der Waals surface area contributed by atoms with Crippen molar-refractivity contribution in [1.29, 1.82) is 0 Å². The number of carbonyl (C=O) groups is 1. The summed E-state index contributed by atoms with van der Waals surface area (Å²) in [6.07, 6.45) is -0.728. The quantitative estimate of drug-likeness (QED) is 0.466. The maximum atomic E-state index is 13.6. The minimum atomic E-state index is -0.965. The average Bonchev–Trinajstić information content (AvgIpc) is 2.71. The van der Waals surface area contributed by atoms with E-state index in [1.165, 1.54) is 17.7 Å². The highest BCUT2D eigenvalue weighted by atomic mass is 19.1. The minimum Gasteiger partial charge on any atom is -0.390 e. The number of carbonyl (C=O) groups excluding carboxylic acids is 1. The Balaban J connectivity index is 2.08. The largest absolute Gasteiger partial charge is 0.390 e. The maximum absolute atomic E-state index is 13.6. The van der Waals surface area contributed by atoms with Crippen LogP contribution in [0.4, 0.5) is 8.78 Å². The van der Waals surface area contributed by atoms with E-state index in [9.17, 15) is 18.7 Å². The van der Waals surface area contributed by atoms with Crippen LogP contribution in [0.1, 0.15) is 43.4 Å². The zero-order valence-corrected chi connectivity index (χ0v) is 19.2. The Kier molecular flexibility index (Phi) is 10.2. The summed E-state index contributed by atoms with van der Waals surface area (Å²) in [6.45, 7) is 6.77. The molecule has 0 aliphatic carbocycles. The number of aliphatic hydroxyl groups excluding tert-OH is 1. The van der Waals surface area contributed by atoms with Gasteiger partial charge in [0.2, 0.25) is 5.91 Å². The van der Waals surface area contributed by atoms with E-state index >= 15 is 0 Å². The predicted molar refractivity (Wildman–Crippen MR) is 122 cm³/mol. The molecule has 0 bridgehead atoms. The van der Waals surface area contributed by atoms with Crippen molar-refractivity contribution in [2.24, 2.45) is 0 Å². The van der Waals surface area contributed by atoms with E-state index in [1.54, 1.807) is 7.11 Å². The summed E-state index contributed by atoms with van der Waals surface area (Å²) in [4.78, 5) is 12.7. The number of hydrogen-bond donors (Lipinski definition) is 3. The van der Waals surface area contributed by atoms with Crippen molar-refractivity contribution in [2.75, 3.05) is 20.3 Å². The van der Waals surface area contributed by atoms with Crippen LogP contribution in [0.3, 0.4) is 0 Å². The van der Waals surface area contributed by atoms with Gasteiger partial charge in [-0.05, 0) is 48.1 Å². The van der Waals surface area contributed by atoms with Crippen molar-refractivity contribution in [1.82, 2.24) is 10.6 Å². The first kappa shape index (κ1) is 25.9. The molecule has 2 rings (SSSR count). The Morgan fingerprint density at radius 3 is 2.22 bits per heavy atom. The lowest BCUT2D eigenvalue weighted by molar-refractivity contribution is -0.122. The Morgan fingerprint density at radius 2 is 1.66 bits per heavy atom. The molecular weight excluding hydrogens is 414 g/mol. The van der Waals surface area contributed by atoms with Gasteiger partial charge >= 0.3 is 0 Å². The third-order valence-electron chi connectivity index (χ3n) is 5.29. The Labute approximate surface area is 189 Å². The number of aliphatic hydroxyl groups is 1. The van der Waals surface area contributed by atoms with Gasteiger partial charge in [-0.25, -0.2) is 8.78 Å². The Bertz CT molecular complexity index is 839. The standard InChI is InChI=1S/C25H34F2N2O3/c1-16(2)20-7-5-18(6-8-20)12-25(31)29-23(24(30)14-28-17(3)15-32-4)11-19-9-21(26)13-22(27)10-19/h5-10,13,16-17,23-24,28,30H,11-12,14-15H2,1-4H3,(H,29,31)/t17?,23-,24-/m0/s1. The third-order valence-corrected chi connectivity index (χ3v) is 5.29. The first-order valence-electron chi connectivity index (χ1n) is 10.9. The van der Waals surface area contributed by atoms with Crippen molar-refractivity contribution in [3.05, 3.63) is 70.8 Å². The molecule has 0 saturated carbocycles. The van der Waals surface area contributed by atoms with Crippen molar-refractivity contribution in [3.8, 4) is 0 Å². The molecule has 0 radical (unpaired) electrons. The van der Waals surface area contributed by atoms with Crippen LogP contribution in [0, 0.1) is 11.6 Å². The molecule has 0 fully saturated rings. The van der Waals surface area contributed by atoms with Crippen molar-refractivity contribution < 1.29 is 23.4 Å². The van der Waals surface area contributed by atoms with Crippen LogP contribution in [0.25, 0.3) is 0 Å². The van der Waals surface area contributed by atoms with Crippen LogP contribution < -0.4 is 10.6 Å². The second-order valence-electron chi connectivity index (χ2n) is 8.56. The fourth-order valence-electron chi connectivity index (χ4n) is 3.50. The number of amides is 1. The molecule has 0 spiro atoms. The summed E-state index contributed by atoms with van der Waals surface area (Å²) in [5, 5.41) is 16.7. The molecule has 0 aliphatic heterocycles. The van der Waals surface area contributed by atoms with Gasteiger partial charge in [0.1, 0.15) is 11.6 Å². The second-order valence-corrected chi connectivity index (χ2v) is 8.56. The molecule has 176 valence electrons. The molecule has 0 aliphatic rings. The summed E-state index contributed by atoms with van der Waals surface area (Å²) in [6, 6.07) is 10.3. The summed E-state index contributed by atoms with van der Waals surface area (Å²) < 4.78 is 32.4. The van der Waals surface area contributed by atoms with Crippen molar-refractivity contribution >= 4 is 5.91 Å². The molecule has 32 heavy (non-hydrogen) atoms. The number of methoxy groups -OCH3 is 1. The van der Waals surface area contributed by atoms with Crippen molar-refractivity contribution in [3.63, 3.8) is 0 Å². The van der Waals surface area contributed by atoms with Crippen LogP contribution >= 0.6 is 0 Å². The van der Waals surface area contributed by atoms with E-state index < -0.39 is 23.8 Å². The fraction of sp³-hybridized carbons (Fsp3) is 0.480. The second kappa shape index (κ2) is 12.6.